The highest BCUT2D eigenvalue weighted by Gasteiger charge is 2.11. The lowest BCUT2D eigenvalue weighted by molar-refractivity contribution is 0.0948. The van der Waals surface area contributed by atoms with Gasteiger partial charge >= 0.3 is 0 Å². The highest BCUT2D eigenvalue weighted by Crippen LogP contribution is 2.08. The van der Waals surface area contributed by atoms with Gasteiger partial charge in [-0.1, -0.05) is 13.8 Å². The van der Waals surface area contributed by atoms with Gasteiger partial charge in [-0.15, -0.1) is 10.2 Å². The molecule has 0 aliphatic carbocycles. The maximum absolute atomic E-state index is 12.1. The molecule has 1 N–H and O–H groups in total. The summed E-state index contributed by atoms with van der Waals surface area (Å²) in [6.45, 7) is 5.73. The second-order valence-corrected chi connectivity index (χ2v) is 5.39. The third-order valence-corrected chi connectivity index (χ3v) is 3.29. The molecule has 0 saturated heterocycles. The Kier molecular flexibility index (Phi) is 6.16. The van der Waals surface area contributed by atoms with Gasteiger partial charge in [-0.05, 0) is 6.07 Å². The molecule has 0 atom stereocenters. The molecule has 0 fully saturated rings. The van der Waals surface area contributed by atoms with Crippen molar-refractivity contribution in [3.05, 3.63) is 35.9 Å². The van der Waals surface area contributed by atoms with Crippen LogP contribution in [0.3, 0.4) is 0 Å². The molecule has 2 rings (SSSR count). The SMILES string of the molecule is COCCn1cnnc1CCNC(=O)c1ccnc(C(C)C)n1. The van der Waals surface area contributed by atoms with Crippen molar-refractivity contribution in [2.24, 2.45) is 0 Å². The zero-order valence-electron chi connectivity index (χ0n) is 13.7. The van der Waals surface area contributed by atoms with Crippen LogP contribution in [0, 0.1) is 0 Å². The first kappa shape index (κ1) is 17.0. The van der Waals surface area contributed by atoms with E-state index in [1.807, 2.05) is 18.4 Å². The summed E-state index contributed by atoms with van der Waals surface area (Å²) in [5.41, 5.74) is 0.379. The van der Waals surface area contributed by atoms with E-state index in [1.165, 1.54) is 0 Å². The Labute approximate surface area is 135 Å². The normalized spacial score (nSPS) is 11.0. The molecular formula is C15H22N6O2. The van der Waals surface area contributed by atoms with E-state index in [0.717, 1.165) is 5.82 Å². The lowest BCUT2D eigenvalue weighted by Gasteiger charge is -2.08. The van der Waals surface area contributed by atoms with Crippen LogP contribution >= 0.6 is 0 Å². The first-order valence-corrected chi connectivity index (χ1v) is 7.58. The number of amides is 1. The highest BCUT2D eigenvalue weighted by molar-refractivity contribution is 5.92. The topological polar surface area (TPSA) is 94.8 Å². The summed E-state index contributed by atoms with van der Waals surface area (Å²) >= 11 is 0. The first-order chi connectivity index (χ1) is 11.1. The Morgan fingerprint density at radius 1 is 1.43 bits per heavy atom. The average Bonchev–Trinajstić information content (AvgIpc) is 3.00. The number of methoxy groups -OCH3 is 1. The van der Waals surface area contributed by atoms with Crippen LogP contribution in [0.1, 0.15) is 41.9 Å². The molecule has 2 aromatic heterocycles. The molecule has 1 amide bonds. The van der Waals surface area contributed by atoms with E-state index in [0.29, 0.717) is 37.6 Å². The summed E-state index contributed by atoms with van der Waals surface area (Å²) in [4.78, 5) is 20.6. The van der Waals surface area contributed by atoms with E-state index in [-0.39, 0.29) is 11.8 Å². The molecule has 8 heteroatoms. The largest absolute Gasteiger partial charge is 0.383 e. The van der Waals surface area contributed by atoms with Crippen LogP contribution in [0.5, 0.6) is 0 Å². The van der Waals surface area contributed by atoms with Gasteiger partial charge in [0.15, 0.2) is 0 Å². The summed E-state index contributed by atoms with van der Waals surface area (Å²) in [6.07, 6.45) is 3.87. The van der Waals surface area contributed by atoms with Crippen LogP contribution in [-0.2, 0) is 17.7 Å². The number of nitrogens with zero attached hydrogens (tertiary/aromatic N) is 5. The van der Waals surface area contributed by atoms with E-state index >= 15 is 0 Å². The highest BCUT2D eigenvalue weighted by atomic mass is 16.5. The van der Waals surface area contributed by atoms with Gasteiger partial charge in [-0.2, -0.15) is 0 Å². The van der Waals surface area contributed by atoms with Crippen molar-refractivity contribution >= 4 is 5.91 Å². The van der Waals surface area contributed by atoms with Crippen LogP contribution in [0.25, 0.3) is 0 Å². The van der Waals surface area contributed by atoms with Crippen LogP contribution in [-0.4, -0.2) is 50.9 Å². The molecule has 0 saturated carbocycles. The molecule has 23 heavy (non-hydrogen) atoms. The summed E-state index contributed by atoms with van der Waals surface area (Å²) in [5.74, 6) is 1.45. The average molecular weight is 318 g/mol. The van der Waals surface area contributed by atoms with Gasteiger partial charge in [0, 0.05) is 38.7 Å². The summed E-state index contributed by atoms with van der Waals surface area (Å²) in [7, 11) is 1.65. The molecule has 0 spiro atoms. The predicted molar refractivity (Wildman–Crippen MR) is 84.1 cm³/mol. The van der Waals surface area contributed by atoms with E-state index in [1.54, 1.807) is 25.7 Å². The lowest BCUT2D eigenvalue weighted by Crippen LogP contribution is -2.27. The molecule has 0 aliphatic rings. The van der Waals surface area contributed by atoms with Crippen molar-refractivity contribution in [2.45, 2.75) is 32.7 Å². The van der Waals surface area contributed by atoms with Crippen molar-refractivity contribution in [3.63, 3.8) is 0 Å². The third kappa shape index (κ3) is 4.82. The van der Waals surface area contributed by atoms with Crippen molar-refractivity contribution < 1.29 is 9.53 Å². The van der Waals surface area contributed by atoms with E-state index in [9.17, 15) is 4.79 Å². The molecule has 8 nitrogen and oxygen atoms in total. The molecule has 0 unspecified atom stereocenters. The molecule has 0 bridgehead atoms. The maximum atomic E-state index is 12.1. The van der Waals surface area contributed by atoms with Gasteiger partial charge in [-0.3, -0.25) is 4.79 Å². The molecule has 0 aromatic carbocycles. The van der Waals surface area contributed by atoms with Crippen LogP contribution in [0.2, 0.25) is 0 Å². The van der Waals surface area contributed by atoms with Crippen LogP contribution < -0.4 is 5.32 Å². The number of ether oxygens (including phenoxy) is 1. The molecule has 0 radical (unpaired) electrons. The summed E-state index contributed by atoms with van der Waals surface area (Å²) < 4.78 is 6.95. The molecule has 0 aliphatic heterocycles. The van der Waals surface area contributed by atoms with E-state index in [2.05, 4.69) is 25.5 Å². The molecule has 2 aromatic rings. The smallest absolute Gasteiger partial charge is 0.270 e. The Hall–Kier alpha value is -2.35. The van der Waals surface area contributed by atoms with Crippen LogP contribution in [0.4, 0.5) is 0 Å². The zero-order valence-corrected chi connectivity index (χ0v) is 13.7. The van der Waals surface area contributed by atoms with Gasteiger partial charge in [0.1, 0.15) is 23.7 Å². The van der Waals surface area contributed by atoms with Gasteiger partial charge < -0.3 is 14.6 Å². The van der Waals surface area contributed by atoms with Crippen molar-refractivity contribution in [3.8, 4) is 0 Å². The second-order valence-electron chi connectivity index (χ2n) is 5.39. The fourth-order valence-corrected chi connectivity index (χ4v) is 2.01. The molecule has 2 heterocycles. The van der Waals surface area contributed by atoms with Crippen molar-refractivity contribution in [2.75, 3.05) is 20.3 Å². The molecular weight excluding hydrogens is 296 g/mol. The fraction of sp³-hybridized carbons (Fsp3) is 0.533. The Bertz CT molecular complexity index is 640. The second kappa shape index (κ2) is 8.33. The standard InChI is InChI=1S/C15H22N6O2/c1-11(2)14-16-6-4-12(19-14)15(22)17-7-5-13-20-18-10-21(13)8-9-23-3/h4,6,10-11H,5,7-9H2,1-3H3,(H,17,22). The van der Waals surface area contributed by atoms with Crippen LogP contribution in [0.15, 0.2) is 18.6 Å². The number of hydrogen-bond donors (Lipinski definition) is 1. The minimum atomic E-state index is -0.211. The predicted octanol–water partition coefficient (Wildman–Crippen LogP) is 0.810. The minimum absolute atomic E-state index is 0.182. The quantitative estimate of drug-likeness (QED) is 0.774. The number of rotatable bonds is 8. The fourth-order valence-electron chi connectivity index (χ4n) is 2.01. The number of nitrogens with one attached hydrogen (secondary N) is 1. The monoisotopic (exact) mass is 318 g/mol. The van der Waals surface area contributed by atoms with Gasteiger partial charge in [0.05, 0.1) is 6.61 Å². The summed E-state index contributed by atoms with van der Waals surface area (Å²) in [6, 6.07) is 1.61. The van der Waals surface area contributed by atoms with Gasteiger partial charge in [0.25, 0.3) is 5.91 Å². The molecule has 124 valence electrons. The van der Waals surface area contributed by atoms with Gasteiger partial charge in [0.2, 0.25) is 0 Å². The Morgan fingerprint density at radius 3 is 3.00 bits per heavy atom. The summed E-state index contributed by atoms with van der Waals surface area (Å²) in [5, 5.41) is 10.8. The van der Waals surface area contributed by atoms with E-state index in [4.69, 9.17) is 4.74 Å². The first-order valence-electron chi connectivity index (χ1n) is 7.58. The van der Waals surface area contributed by atoms with Crippen molar-refractivity contribution in [1.82, 2.24) is 30.0 Å². The number of hydrogen-bond acceptors (Lipinski definition) is 6. The number of aromatic nitrogens is 5. The van der Waals surface area contributed by atoms with E-state index < -0.39 is 0 Å². The lowest BCUT2D eigenvalue weighted by atomic mass is 10.2. The minimum Gasteiger partial charge on any atom is -0.383 e. The number of carbonyl (C=O) groups is 1. The third-order valence-electron chi connectivity index (χ3n) is 3.29. The Morgan fingerprint density at radius 2 is 2.26 bits per heavy atom. The van der Waals surface area contributed by atoms with Crippen molar-refractivity contribution in [1.29, 1.82) is 0 Å². The number of carbonyl (C=O) groups excluding carboxylic acids is 1. The zero-order chi connectivity index (χ0) is 16.7. The van der Waals surface area contributed by atoms with Gasteiger partial charge in [-0.25, -0.2) is 9.97 Å². The maximum Gasteiger partial charge on any atom is 0.270 e. The Balaban J connectivity index is 1.88.